The molecule has 1 aliphatic heterocycles. The van der Waals surface area contributed by atoms with Crippen LogP contribution in [-0.2, 0) is 10.0 Å². The summed E-state index contributed by atoms with van der Waals surface area (Å²) in [5, 5.41) is 0. The molecule has 1 aliphatic rings. The molecular weight excluding hydrogens is 360 g/mol. The molecule has 0 saturated carbocycles. The maximum absolute atomic E-state index is 13.2. The fraction of sp³-hybridized carbons (Fsp3) is 0.200. The average molecular weight is 373 g/mol. The first-order chi connectivity index (χ1) is 10.9. The number of benzene rings is 2. The van der Waals surface area contributed by atoms with E-state index >= 15 is 0 Å². The highest BCUT2D eigenvalue weighted by molar-refractivity contribution is 8.19. The molecule has 0 unspecified atom stereocenters. The van der Waals surface area contributed by atoms with E-state index < -0.39 is 26.6 Å². The van der Waals surface area contributed by atoms with Crippen molar-refractivity contribution in [2.45, 2.75) is 9.48 Å². The van der Waals surface area contributed by atoms with Crippen LogP contribution in [0, 0.1) is 11.6 Å². The molecule has 2 aromatic carbocycles. The van der Waals surface area contributed by atoms with E-state index in [4.69, 9.17) is 0 Å². The van der Waals surface area contributed by atoms with Crippen LogP contribution in [0.4, 0.5) is 14.5 Å². The van der Waals surface area contributed by atoms with Gasteiger partial charge < -0.3 is 0 Å². The fourth-order valence-corrected chi connectivity index (χ4v) is 6.13. The molecule has 8 heteroatoms. The SMILES string of the molecule is O=S(=O)(Nc1cccc(C2SCCS2)c1)c1cc(F)cc(F)c1. The molecule has 0 bridgehead atoms. The monoisotopic (exact) mass is 373 g/mol. The zero-order valence-corrected chi connectivity index (χ0v) is 14.3. The van der Waals surface area contributed by atoms with Gasteiger partial charge in [0.25, 0.3) is 10.0 Å². The van der Waals surface area contributed by atoms with E-state index in [0.29, 0.717) is 11.8 Å². The lowest BCUT2D eigenvalue weighted by atomic mass is 10.2. The van der Waals surface area contributed by atoms with Gasteiger partial charge in [0.1, 0.15) is 11.6 Å². The largest absolute Gasteiger partial charge is 0.280 e. The Bertz CT molecular complexity index is 801. The summed E-state index contributed by atoms with van der Waals surface area (Å²) in [4.78, 5) is -0.440. The van der Waals surface area contributed by atoms with Gasteiger partial charge in [0.2, 0.25) is 0 Å². The summed E-state index contributed by atoms with van der Waals surface area (Å²) in [5.41, 5.74) is 1.39. The predicted octanol–water partition coefficient (Wildman–Crippen LogP) is 4.24. The Morgan fingerprint density at radius 1 is 1.00 bits per heavy atom. The van der Waals surface area contributed by atoms with Crippen molar-refractivity contribution in [3.63, 3.8) is 0 Å². The second-order valence-corrected chi connectivity index (χ2v) is 9.32. The van der Waals surface area contributed by atoms with Gasteiger partial charge in [-0.15, -0.1) is 23.5 Å². The molecular formula is C15H13F2NO2S3. The van der Waals surface area contributed by atoms with Crippen LogP contribution >= 0.6 is 23.5 Å². The van der Waals surface area contributed by atoms with E-state index in [1.54, 1.807) is 18.2 Å². The van der Waals surface area contributed by atoms with E-state index in [9.17, 15) is 17.2 Å². The average Bonchev–Trinajstić information content (AvgIpc) is 3.00. The highest BCUT2D eigenvalue weighted by atomic mass is 32.2. The third kappa shape index (κ3) is 3.99. The minimum absolute atomic E-state index is 0.283. The van der Waals surface area contributed by atoms with Crippen molar-refractivity contribution < 1.29 is 17.2 Å². The number of sulfonamides is 1. The maximum Gasteiger partial charge on any atom is 0.262 e. The quantitative estimate of drug-likeness (QED) is 0.871. The summed E-state index contributed by atoms with van der Waals surface area (Å²) < 4.78 is 53.7. The van der Waals surface area contributed by atoms with Crippen LogP contribution in [0.2, 0.25) is 0 Å². The molecule has 2 aromatic rings. The minimum Gasteiger partial charge on any atom is -0.280 e. The highest BCUT2D eigenvalue weighted by Gasteiger charge is 2.20. The number of anilines is 1. The van der Waals surface area contributed by atoms with Crippen molar-refractivity contribution in [1.29, 1.82) is 0 Å². The molecule has 122 valence electrons. The van der Waals surface area contributed by atoms with Crippen molar-refractivity contribution in [3.8, 4) is 0 Å². The molecule has 0 aliphatic carbocycles. The molecule has 3 rings (SSSR count). The molecule has 0 atom stereocenters. The van der Waals surface area contributed by atoms with Gasteiger partial charge in [-0.25, -0.2) is 17.2 Å². The lowest BCUT2D eigenvalue weighted by Gasteiger charge is -2.12. The van der Waals surface area contributed by atoms with Crippen molar-refractivity contribution in [2.75, 3.05) is 16.2 Å². The Morgan fingerprint density at radius 3 is 2.30 bits per heavy atom. The number of rotatable bonds is 4. The normalized spacial score (nSPS) is 15.7. The van der Waals surface area contributed by atoms with Crippen molar-refractivity contribution in [2.24, 2.45) is 0 Å². The Hall–Kier alpha value is -1.25. The van der Waals surface area contributed by atoms with Gasteiger partial charge in [-0.3, -0.25) is 4.72 Å². The zero-order chi connectivity index (χ0) is 16.4. The second-order valence-electron chi connectivity index (χ2n) is 4.91. The Kier molecular flexibility index (Phi) is 4.84. The lowest BCUT2D eigenvalue weighted by Crippen LogP contribution is -2.13. The van der Waals surface area contributed by atoms with Crippen molar-refractivity contribution in [3.05, 3.63) is 59.7 Å². The molecule has 0 spiro atoms. The van der Waals surface area contributed by atoms with Crippen LogP contribution in [-0.4, -0.2) is 19.9 Å². The number of nitrogens with one attached hydrogen (secondary N) is 1. The molecule has 1 fully saturated rings. The molecule has 3 nitrogen and oxygen atoms in total. The summed E-state index contributed by atoms with van der Waals surface area (Å²) in [5.74, 6) is 0.262. The summed E-state index contributed by atoms with van der Waals surface area (Å²) >= 11 is 3.62. The van der Waals surface area contributed by atoms with Gasteiger partial charge in [0, 0.05) is 23.3 Å². The minimum atomic E-state index is -4.04. The first-order valence-electron chi connectivity index (χ1n) is 6.76. The van der Waals surface area contributed by atoms with Crippen LogP contribution in [0.25, 0.3) is 0 Å². The standard InChI is InChI=1S/C15H13F2NO2S3/c16-11-7-12(17)9-14(8-11)23(19,20)18-13-3-1-2-10(6-13)15-21-4-5-22-15/h1-3,6-9,15,18H,4-5H2. The molecule has 23 heavy (non-hydrogen) atoms. The smallest absolute Gasteiger partial charge is 0.262 e. The first kappa shape index (κ1) is 16.6. The molecule has 0 aromatic heterocycles. The third-order valence-corrected chi connectivity index (χ3v) is 7.64. The van der Waals surface area contributed by atoms with Crippen LogP contribution < -0.4 is 4.72 Å². The predicted molar refractivity (Wildman–Crippen MR) is 91.3 cm³/mol. The van der Waals surface area contributed by atoms with Crippen LogP contribution in [0.3, 0.4) is 0 Å². The summed E-state index contributed by atoms with van der Waals surface area (Å²) in [6, 6.07) is 9.28. The highest BCUT2D eigenvalue weighted by Crippen LogP contribution is 2.45. The maximum atomic E-state index is 13.2. The summed E-state index contributed by atoms with van der Waals surface area (Å²) in [7, 11) is -4.04. The van der Waals surface area contributed by atoms with Gasteiger partial charge in [-0.2, -0.15) is 0 Å². The fourth-order valence-electron chi connectivity index (χ4n) is 2.20. The first-order valence-corrected chi connectivity index (χ1v) is 10.3. The lowest BCUT2D eigenvalue weighted by molar-refractivity contribution is 0.568. The second kappa shape index (κ2) is 6.70. The van der Waals surface area contributed by atoms with Gasteiger partial charge in [0.05, 0.1) is 9.48 Å². The van der Waals surface area contributed by atoms with E-state index in [1.807, 2.05) is 29.6 Å². The van der Waals surface area contributed by atoms with E-state index in [0.717, 1.165) is 29.2 Å². The summed E-state index contributed by atoms with van der Waals surface area (Å²) in [6.07, 6.45) is 0. The van der Waals surface area contributed by atoms with Crippen LogP contribution in [0.5, 0.6) is 0 Å². The Balaban J connectivity index is 1.86. The topological polar surface area (TPSA) is 46.2 Å². The molecule has 0 radical (unpaired) electrons. The van der Waals surface area contributed by atoms with Crippen molar-refractivity contribution in [1.82, 2.24) is 0 Å². The van der Waals surface area contributed by atoms with E-state index in [-0.39, 0.29) is 4.58 Å². The van der Waals surface area contributed by atoms with Crippen molar-refractivity contribution >= 4 is 39.2 Å². The number of halogens is 2. The zero-order valence-electron chi connectivity index (χ0n) is 11.8. The van der Waals surface area contributed by atoms with Gasteiger partial charge >= 0.3 is 0 Å². The molecule has 1 N–H and O–H groups in total. The Labute approximate surface area is 141 Å². The number of hydrogen-bond donors (Lipinski definition) is 1. The van der Waals surface area contributed by atoms with E-state index in [2.05, 4.69) is 4.72 Å². The van der Waals surface area contributed by atoms with Crippen LogP contribution in [0.15, 0.2) is 47.4 Å². The molecule has 0 amide bonds. The third-order valence-electron chi connectivity index (χ3n) is 3.18. The summed E-state index contributed by atoms with van der Waals surface area (Å²) in [6.45, 7) is 0. The number of thioether (sulfide) groups is 2. The van der Waals surface area contributed by atoms with Gasteiger partial charge in [-0.1, -0.05) is 12.1 Å². The molecule has 1 heterocycles. The number of hydrogen-bond acceptors (Lipinski definition) is 4. The Morgan fingerprint density at radius 2 is 1.65 bits per heavy atom. The van der Waals surface area contributed by atoms with E-state index in [1.165, 1.54) is 0 Å². The molecule has 1 saturated heterocycles. The van der Waals surface area contributed by atoms with Gasteiger partial charge in [0.15, 0.2) is 0 Å². The van der Waals surface area contributed by atoms with Gasteiger partial charge in [-0.05, 0) is 29.8 Å². The van der Waals surface area contributed by atoms with Crippen LogP contribution in [0.1, 0.15) is 10.1 Å².